The van der Waals surface area contributed by atoms with Gasteiger partial charge in [-0.1, -0.05) is 12.1 Å². The van der Waals surface area contributed by atoms with Gasteiger partial charge in [-0.3, -0.25) is 9.59 Å². The van der Waals surface area contributed by atoms with Crippen LogP contribution in [0.5, 0.6) is 0 Å². The molecule has 2 amide bonds. The van der Waals surface area contributed by atoms with Crippen molar-refractivity contribution in [1.29, 1.82) is 0 Å². The van der Waals surface area contributed by atoms with E-state index in [0.717, 1.165) is 0 Å². The first kappa shape index (κ1) is 17.1. The Kier molecular flexibility index (Phi) is 5.84. The highest BCUT2D eigenvalue weighted by Gasteiger charge is 2.24. The number of rotatable bonds is 5. The summed E-state index contributed by atoms with van der Waals surface area (Å²) in [5.41, 5.74) is 0.0347. The lowest BCUT2D eigenvalue weighted by molar-refractivity contribution is -0.133. The van der Waals surface area contributed by atoms with Crippen LogP contribution in [0.3, 0.4) is 0 Å². The Balaban J connectivity index is 1.81. The molecule has 0 radical (unpaired) electrons. The van der Waals surface area contributed by atoms with E-state index in [4.69, 9.17) is 0 Å². The van der Waals surface area contributed by atoms with Gasteiger partial charge in [-0.2, -0.15) is 0 Å². The van der Waals surface area contributed by atoms with Gasteiger partial charge in [-0.05, 0) is 31.9 Å². The lowest BCUT2D eigenvalue weighted by Crippen LogP contribution is -2.46. The maximum atomic E-state index is 13.6. The SMILES string of the molecule is CC(=O)CCC(=O)N1CCC(NC(=O)c2ccccc2F)CC1. The Morgan fingerprint density at radius 2 is 1.83 bits per heavy atom. The molecule has 5 nitrogen and oxygen atoms in total. The molecule has 0 bridgehead atoms. The molecule has 6 heteroatoms. The van der Waals surface area contributed by atoms with Crippen LogP contribution in [0.1, 0.15) is 43.0 Å². The molecular weight excluding hydrogens is 299 g/mol. The van der Waals surface area contributed by atoms with Gasteiger partial charge in [0.2, 0.25) is 5.91 Å². The normalized spacial score (nSPS) is 15.3. The maximum Gasteiger partial charge on any atom is 0.254 e. The average molecular weight is 320 g/mol. The maximum absolute atomic E-state index is 13.6. The van der Waals surface area contributed by atoms with Crippen LogP contribution in [-0.2, 0) is 9.59 Å². The number of piperidine rings is 1. The van der Waals surface area contributed by atoms with Crippen molar-refractivity contribution in [3.8, 4) is 0 Å². The number of ketones is 1. The Labute approximate surface area is 134 Å². The van der Waals surface area contributed by atoms with Crippen molar-refractivity contribution in [2.75, 3.05) is 13.1 Å². The minimum atomic E-state index is -0.540. The number of hydrogen-bond acceptors (Lipinski definition) is 3. The molecule has 124 valence electrons. The number of amides is 2. The van der Waals surface area contributed by atoms with Crippen molar-refractivity contribution in [2.45, 2.75) is 38.6 Å². The second-order valence-corrected chi connectivity index (χ2v) is 5.81. The number of hydrogen-bond donors (Lipinski definition) is 1. The molecule has 0 unspecified atom stereocenters. The minimum absolute atomic E-state index is 0.00499. The number of Topliss-reactive ketones (excluding diaryl/α,β-unsaturated/α-hetero) is 1. The van der Waals surface area contributed by atoms with E-state index in [1.54, 1.807) is 11.0 Å². The van der Waals surface area contributed by atoms with Gasteiger partial charge >= 0.3 is 0 Å². The average Bonchev–Trinajstić information content (AvgIpc) is 2.53. The highest BCUT2D eigenvalue weighted by Crippen LogP contribution is 2.14. The van der Waals surface area contributed by atoms with Crippen LogP contribution in [0.4, 0.5) is 4.39 Å². The monoisotopic (exact) mass is 320 g/mol. The second kappa shape index (κ2) is 7.85. The van der Waals surface area contributed by atoms with Gasteiger partial charge in [0, 0.05) is 32.0 Å². The summed E-state index contributed by atoms with van der Waals surface area (Å²) in [7, 11) is 0. The van der Waals surface area contributed by atoms with Gasteiger partial charge in [0.15, 0.2) is 0 Å². The molecule has 1 aliphatic rings. The third-order valence-corrected chi connectivity index (χ3v) is 3.99. The number of carbonyl (C=O) groups is 3. The van der Waals surface area contributed by atoms with Crippen LogP contribution < -0.4 is 5.32 Å². The highest BCUT2D eigenvalue weighted by molar-refractivity contribution is 5.94. The molecule has 1 aromatic carbocycles. The summed E-state index contributed by atoms with van der Waals surface area (Å²) < 4.78 is 13.6. The molecule has 0 atom stereocenters. The largest absolute Gasteiger partial charge is 0.349 e. The first-order chi connectivity index (χ1) is 11.0. The van der Waals surface area contributed by atoms with Crippen molar-refractivity contribution < 1.29 is 18.8 Å². The third kappa shape index (κ3) is 4.87. The highest BCUT2D eigenvalue weighted by atomic mass is 19.1. The van der Waals surface area contributed by atoms with Crippen LogP contribution in [0.2, 0.25) is 0 Å². The standard InChI is InChI=1S/C17H21FN2O3/c1-12(21)6-7-16(22)20-10-8-13(9-11-20)19-17(23)14-4-2-3-5-15(14)18/h2-5,13H,6-11H2,1H3,(H,19,23). The van der Waals surface area contributed by atoms with E-state index in [1.807, 2.05) is 0 Å². The Hall–Kier alpha value is -2.24. The smallest absolute Gasteiger partial charge is 0.254 e. The van der Waals surface area contributed by atoms with Crippen molar-refractivity contribution in [3.05, 3.63) is 35.6 Å². The predicted molar refractivity (Wildman–Crippen MR) is 83.4 cm³/mol. The molecule has 0 aliphatic carbocycles. The zero-order chi connectivity index (χ0) is 16.8. The van der Waals surface area contributed by atoms with Crippen molar-refractivity contribution >= 4 is 17.6 Å². The van der Waals surface area contributed by atoms with Crippen LogP contribution in [0.25, 0.3) is 0 Å². The van der Waals surface area contributed by atoms with E-state index in [9.17, 15) is 18.8 Å². The van der Waals surface area contributed by atoms with Gasteiger partial charge in [0.05, 0.1) is 5.56 Å². The second-order valence-electron chi connectivity index (χ2n) is 5.81. The molecule has 1 N–H and O–H groups in total. The van der Waals surface area contributed by atoms with Crippen LogP contribution in [0, 0.1) is 5.82 Å². The molecule has 0 aromatic heterocycles. The van der Waals surface area contributed by atoms with E-state index in [2.05, 4.69) is 5.32 Å². The first-order valence-corrected chi connectivity index (χ1v) is 7.80. The number of carbonyl (C=O) groups excluding carboxylic acids is 3. The van der Waals surface area contributed by atoms with Crippen molar-refractivity contribution in [1.82, 2.24) is 10.2 Å². The quantitative estimate of drug-likeness (QED) is 0.901. The van der Waals surface area contributed by atoms with E-state index in [0.29, 0.717) is 25.9 Å². The zero-order valence-electron chi connectivity index (χ0n) is 13.2. The lowest BCUT2D eigenvalue weighted by atomic mass is 10.0. The summed E-state index contributed by atoms with van der Waals surface area (Å²) in [5.74, 6) is -0.990. The van der Waals surface area contributed by atoms with Crippen LogP contribution in [0.15, 0.2) is 24.3 Å². The topological polar surface area (TPSA) is 66.5 Å². The van der Waals surface area contributed by atoms with Gasteiger partial charge in [-0.25, -0.2) is 4.39 Å². The summed E-state index contributed by atoms with van der Waals surface area (Å²) in [5, 5.41) is 2.81. The van der Waals surface area contributed by atoms with Gasteiger partial charge in [0.25, 0.3) is 5.91 Å². The Morgan fingerprint density at radius 1 is 1.17 bits per heavy atom. The fourth-order valence-corrected chi connectivity index (χ4v) is 2.62. The van der Waals surface area contributed by atoms with Crippen molar-refractivity contribution in [3.63, 3.8) is 0 Å². The van der Waals surface area contributed by atoms with Crippen LogP contribution >= 0.6 is 0 Å². The van der Waals surface area contributed by atoms with Crippen LogP contribution in [-0.4, -0.2) is 41.6 Å². The molecule has 1 aliphatic heterocycles. The zero-order valence-corrected chi connectivity index (χ0v) is 13.2. The Bertz CT molecular complexity index is 595. The van der Waals surface area contributed by atoms with E-state index < -0.39 is 11.7 Å². The molecule has 0 spiro atoms. The van der Waals surface area contributed by atoms with E-state index >= 15 is 0 Å². The minimum Gasteiger partial charge on any atom is -0.349 e. The van der Waals surface area contributed by atoms with Gasteiger partial charge < -0.3 is 15.0 Å². The number of nitrogens with one attached hydrogen (secondary N) is 1. The summed E-state index contributed by atoms with van der Waals surface area (Å²) in [6, 6.07) is 5.79. The third-order valence-electron chi connectivity index (χ3n) is 3.99. The van der Waals surface area contributed by atoms with E-state index in [-0.39, 0.29) is 36.1 Å². The predicted octanol–water partition coefficient (Wildman–Crippen LogP) is 1.92. The lowest BCUT2D eigenvalue weighted by Gasteiger charge is -2.32. The molecule has 1 fully saturated rings. The van der Waals surface area contributed by atoms with Gasteiger partial charge in [0.1, 0.15) is 11.6 Å². The molecule has 0 saturated carbocycles. The fourth-order valence-electron chi connectivity index (χ4n) is 2.62. The number of likely N-dealkylation sites (tertiary alicyclic amines) is 1. The van der Waals surface area contributed by atoms with Gasteiger partial charge in [-0.15, -0.1) is 0 Å². The molecule has 1 aromatic rings. The van der Waals surface area contributed by atoms with Crippen molar-refractivity contribution in [2.24, 2.45) is 0 Å². The summed E-state index contributed by atoms with van der Waals surface area (Å²) >= 11 is 0. The molecule has 2 rings (SSSR count). The Morgan fingerprint density at radius 3 is 2.43 bits per heavy atom. The number of nitrogens with zero attached hydrogens (tertiary/aromatic N) is 1. The van der Waals surface area contributed by atoms with E-state index in [1.165, 1.54) is 25.1 Å². The number of halogens is 1. The number of benzene rings is 1. The summed E-state index contributed by atoms with van der Waals surface area (Å²) in [6.07, 6.45) is 1.77. The molecule has 1 heterocycles. The molecular formula is C17H21FN2O3. The summed E-state index contributed by atoms with van der Waals surface area (Å²) in [4.78, 5) is 36.6. The fraction of sp³-hybridized carbons (Fsp3) is 0.471. The molecule has 23 heavy (non-hydrogen) atoms. The molecule has 1 saturated heterocycles. The first-order valence-electron chi connectivity index (χ1n) is 7.80. The summed E-state index contributed by atoms with van der Waals surface area (Å²) in [6.45, 7) is 2.55.